The van der Waals surface area contributed by atoms with Gasteiger partial charge in [0.25, 0.3) is 5.91 Å². The fourth-order valence-electron chi connectivity index (χ4n) is 3.47. The highest BCUT2D eigenvalue weighted by Gasteiger charge is 2.27. The number of hydrogen-bond acceptors (Lipinski definition) is 5. The van der Waals surface area contributed by atoms with E-state index in [1.807, 2.05) is 47.6 Å². The number of aromatic nitrogens is 2. The first-order chi connectivity index (χ1) is 15.2. The summed E-state index contributed by atoms with van der Waals surface area (Å²) in [6.07, 6.45) is 1.56. The summed E-state index contributed by atoms with van der Waals surface area (Å²) in [5, 5.41) is 7.62. The van der Waals surface area contributed by atoms with Crippen LogP contribution in [0, 0.1) is 0 Å². The maximum atomic E-state index is 13.1. The molecule has 2 aromatic rings. The lowest BCUT2D eigenvalue weighted by molar-refractivity contribution is 0.102. The van der Waals surface area contributed by atoms with E-state index in [0.717, 1.165) is 18.5 Å². The van der Waals surface area contributed by atoms with E-state index in [9.17, 15) is 13.2 Å². The molecule has 1 saturated heterocycles. The number of sulfonamides is 1. The zero-order valence-corrected chi connectivity index (χ0v) is 21.6. The predicted octanol–water partition coefficient (Wildman–Crippen LogP) is 4.30. The Labute approximate surface area is 201 Å². The Hall–Kier alpha value is -1.94. The van der Waals surface area contributed by atoms with Gasteiger partial charge < -0.3 is 10.1 Å². The van der Waals surface area contributed by atoms with Crippen molar-refractivity contribution >= 4 is 33.3 Å². The van der Waals surface area contributed by atoms with Crippen LogP contribution in [0.25, 0.3) is 0 Å². The largest absolute Gasteiger partial charge is 0.377 e. The van der Waals surface area contributed by atoms with Crippen molar-refractivity contribution in [3.05, 3.63) is 40.5 Å². The zero-order chi connectivity index (χ0) is 24.6. The molecule has 0 saturated carbocycles. The molecule has 1 aliphatic rings. The molecule has 0 aliphatic carbocycles. The molecule has 3 rings (SSSR count). The number of anilines is 1. The minimum absolute atomic E-state index is 0.0427. The number of nitrogens with one attached hydrogen (secondary N) is 2. The van der Waals surface area contributed by atoms with E-state index in [-0.39, 0.29) is 39.1 Å². The van der Waals surface area contributed by atoms with E-state index >= 15 is 0 Å². The second kappa shape index (κ2) is 9.37. The molecule has 8 nitrogen and oxygen atoms in total. The van der Waals surface area contributed by atoms with Gasteiger partial charge in [-0.25, -0.2) is 17.8 Å². The number of carbonyl (C=O) groups is 1. The van der Waals surface area contributed by atoms with Gasteiger partial charge in [-0.3, -0.25) is 4.79 Å². The van der Waals surface area contributed by atoms with E-state index < -0.39 is 15.9 Å². The number of benzene rings is 1. The predicted molar refractivity (Wildman–Crippen MR) is 129 cm³/mol. The van der Waals surface area contributed by atoms with Crippen LogP contribution in [0.4, 0.5) is 5.82 Å². The molecule has 1 atom stereocenters. The molecule has 2 N–H and O–H groups in total. The quantitative estimate of drug-likeness (QED) is 0.620. The number of amides is 1. The molecule has 1 aromatic carbocycles. The molecule has 2 heterocycles. The first-order valence-electron chi connectivity index (χ1n) is 11.0. The molecule has 0 spiro atoms. The molecule has 33 heavy (non-hydrogen) atoms. The van der Waals surface area contributed by atoms with E-state index in [2.05, 4.69) is 10.0 Å². The van der Waals surface area contributed by atoms with E-state index in [4.69, 9.17) is 21.4 Å². The van der Waals surface area contributed by atoms with Gasteiger partial charge in [0.05, 0.1) is 22.4 Å². The van der Waals surface area contributed by atoms with Gasteiger partial charge in [-0.15, -0.1) is 0 Å². The summed E-state index contributed by atoms with van der Waals surface area (Å²) in [6.45, 7) is 12.9. The highest BCUT2D eigenvalue weighted by Crippen LogP contribution is 2.29. The molecule has 1 aliphatic heterocycles. The Morgan fingerprint density at radius 3 is 2.48 bits per heavy atom. The van der Waals surface area contributed by atoms with Gasteiger partial charge in [0, 0.05) is 30.2 Å². The lowest BCUT2D eigenvalue weighted by Gasteiger charge is -2.23. The minimum atomic E-state index is -3.91. The normalized spacial score (nSPS) is 17.4. The van der Waals surface area contributed by atoms with Crippen molar-refractivity contribution in [1.29, 1.82) is 0 Å². The Morgan fingerprint density at radius 2 is 1.91 bits per heavy atom. The Morgan fingerprint density at radius 1 is 1.21 bits per heavy atom. The van der Waals surface area contributed by atoms with Crippen molar-refractivity contribution in [2.45, 2.75) is 76.3 Å². The highest BCUT2D eigenvalue weighted by atomic mass is 35.5. The van der Waals surface area contributed by atoms with Crippen molar-refractivity contribution in [3.8, 4) is 0 Å². The van der Waals surface area contributed by atoms with Crippen LogP contribution in [0.5, 0.6) is 0 Å². The van der Waals surface area contributed by atoms with Crippen LogP contribution >= 0.6 is 11.6 Å². The molecule has 1 fully saturated rings. The van der Waals surface area contributed by atoms with Gasteiger partial charge in [-0.05, 0) is 51.8 Å². The third-order valence-electron chi connectivity index (χ3n) is 5.36. The number of halogens is 1. The van der Waals surface area contributed by atoms with E-state index in [0.29, 0.717) is 12.4 Å². The van der Waals surface area contributed by atoms with Crippen molar-refractivity contribution < 1.29 is 17.9 Å². The summed E-state index contributed by atoms with van der Waals surface area (Å²) in [4.78, 5) is 12.9. The van der Waals surface area contributed by atoms with Crippen LogP contribution in [-0.2, 0) is 25.7 Å². The van der Waals surface area contributed by atoms with E-state index in [1.165, 1.54) is 18.2 Å². The minimum Gasteiger partial charge on any atom is -0.377 e. The molecule has 0 bridgehead atoms. The molecule has 182 valence electrons. The van der Waals surface area contributed by atoms with Gasteiger partial charge in [0.2, 0.25) is 10.0 Å². The van der Waals surface area contributed by atoms with E-state index in [1.54, 1.807) is 4.68 Å². The van der Waals surface area contributed by atoms with Crippen molar-refractivity contribution in [2.75, 3.05) is 18.5 Å². The highest BCUT2D eigenvalue weighted by molar-refractivity contribution is 7.89. The van der Waals surface area contributed by atoms with Gasteiger partial charge in [-0.2, -0.15) is 5.10 Å². The molecule has 10 heteroatoms. The molecular formula is C23H33ClN4O4S. The number of hydrogen-bond donors (Lipinski definition) is 2. The standard InChI is InChI=1S/C23H33ClN4O4S/c1-22(2,3)19-13-20(28(27-19)23(4,5)6)26-21(29)15-9-10-17(24)18(12-15)33(30,31)25-14-16-8-7-11-32-16/h9-10,12-13,16,25H,7-8,11,14H2,1-6H3,(H,26,29). The molecule has 1 amide bonds. The molecule has 1 aromatic heterocycles. The van der Waals surface area contributed by atoms with Gasteiger partial charge in [0.1, 0.15) is 10.7 Å². The van der Waals surface area contributed by atoms with Crippen LogP contribution in [0.2, 0.25) is 5.02 Å². The summed E-state index contributed by atoms with van der Waals surface area (Å²) in [5.41, 5.74) is 0.445. The number of ether oxygens (including phenoxy) is 1. The average molecular weight is 497 g/mol. The monoisotopic (exact) mass is 496 g/mol. The fraction of sp³-hybridized carbons (Fsp3) is 0.565. The van der Waals surface area contributed by atoms with Gasteiger partial charge in [0.15, 0.2) is 0 Å². The summed E-state index contributed by atoms with van der Waals surface area (Å²) in [6, 6.07) is 6.05. The second-order valence-electron chi connectivity index (χ2n) is 10.3. The number of rotatable bonds is 6. The molecule has 1 unspecified atom stereocenters. The lowest BCUT2D eigenvalue weighted by atomic mass is 9.92. The van der Waals surface area contributed by atoms with Crippen molar-refractivity contribution in [2.24, 2.45) is 0 Å². The smallest absolute Gasteiger partial charge is 0.256 e. The van der Waals surface area contributed by atoms with Crippen LogP contribution in [0.3, 0.4) is 0 Å². The maximum Gasteiger partial charge on any atom is 0.256 e. The second-order valence-corrected chi connectivity index (χ2v) is 12.5. The number of carbonyl (C=O) groups excluding carboxylic acids is 1. The molecular weight excluding hydrogens is 464 g/mol. The Kier molecular flexibility index (Phi) is 7.29. The lowest BCUT2D eigenvalue weighted by Crippen LogP contribution is -2.32. The zero-order valence-electron chi connectivity index (χ0n) is 20.0. The van der Waals surface area contributed by atoms with Crippen LogP contribution < -0.4 is 10.0 Å². The first kappa shape index (κ1) is 25.7. The van der Waals surface area contributed by atoms with Crippen LogP contribution in [0.15, 0.2) is 29.2 Å². The SMILES string of the molecule is CC(C)(C)c1cc(NC(=O)c2ccc(Cl)c(S(=O)(=O)NCC3CCCO3)c2)n(C(C)(C)C)n1. The maximum absolute atomic E-state index is 13.1. The topological polar surface area (TPSA) is 102 Å². The summed E-state index contributed by atoms with van der Waals surface area (Å²) in [7, 11) is -3.91. The summed E-state index contributed by atoms with van der Waals surface area (Å²) < 4.78 is 35.5. The third-order valence-corrected chi connectivity index (χ3v) is 7.27. The summed E-state index contributed by atoms with van der Waals surface area (Å²) in [5.74, 6) is 0.0846. The Balaban J connectivity index is 1.86. The first-order valence-corrected chi connectivity index (χ1v) is 12.9. The number of nitrogens with zero attached hydrogens (tertiary/aromatic N) is 2. The summed E-state index contributed by atoms with van der Waals surface area (Å²) >= 11 is 6.18. The van der Waals surface area contributed by atoms with Crippen molar-refractivity contribution in [1.82, 2.24) is 14.5 Å². The molecule has 0 radical (unpaired) electrons. The van der Waals surface area contributed by atoms with Gasteiger partial charge in [-0.1, -0.05) is 32.4 Å². The van der Waals surface area contributed by atoms with Crippen LogP contribution in [-0.4, -0.2) is 43.4 Å². The van der Waals surface area contributed by atoms with Crippen LogP contribution in [0.1, 0.15) is 70.4 Å². The third kappa shape index (κ3) is 6.15. The fourth-order valence-corrected chi connectivity index (χ4v) is 5.06. The van der Waals surface area contributed by atoms with Crippen molar-refractivity contribution in [3.63, 3.8) is 0 Å². The van der Waals surface area contributed by atoms with Gasteiger partial charge >= 0.3 is 0 Å². The Bertz CT molecular complexity index is 1120. The average Bonchev–Trinajstić information content (AvgIpc) is 3.35.